The van der Waals surface area contributed by atoms with Crippen molar-refractivity contribution in [3.05, 3.63) is 71.7 Å². The number of fused-ring (bicyclic) bond motifs is 2. The minimum Gasteiger partial charge on any atom is -0.871 e. The molecule has 1 aliphatic carbocycles. The van der Waals surface area contributed by atoms with Gasteiger partial charge in [0.1, 0.15) is 11.3 Å². The van der Waals surface area contributed by atoms with E-state index < -0.39 is 5.97 Å². The average Bonchev–Trinajstić information content (AvgIpc) is 2.66. The van der Waals surface area contributed by atoms with Crippen LogP contribution in [0.25, 0.3) is 33.4 Å². The van der Waals surface area contributed by atoms with Gasteiger partial charge in [0.25, 0.3) is 0 Å². The Balaban J connectivity index is 0.00000160. The van der Waals surface area contributed by atoms with E-state index in [4.69, 9.17) is 4.42 Å². The summed E-state index contributed by atoms with van der Waals surface area (Å²) in [5.41, 5.74) is 1.31. The monoisotopic (exact) mass is 610 g/mol. The summed E-state index contributed by atoms with van der Waals surface area (Å²) in [6.07, 6.45) is 0. The molecule has 2 aromatic rings. The van der Waals surface area contributed by atoms with Crippen molar-refractivity contribution in [2.24, 2.45) is 0 Å². The molecule has 0 fully saturated rings. The van der Waals surface area contributed by atoms with Crippen LogP contribution in [0.4, 0.5) is 0 Å². The summed E-state index contributed by atoms with van der Waals surface area (Å²) < 4.78 is 6.62. The number of carboxylic acid groups (broad SMARTS) is 1. The third-order valence-corrected chi connectivity index (χ3v) is 6.26. The first-order chi connectivity index (χ1) is 13.3. The summed E-state index contributed by atoms with van der Waals surface area (Å²) in [7, 11) is 0. The van der Waals surface area contributed by atoms with Crippen LogP contribution < -0.4 is 74.8 Å². The Morgan fingerprint density at radius 2 is 1.60 bits per heavy atom. The van der Waals surface area contributed by atoms with E-state index in [-0.39, 0.29) is 96.1 Å². The quantitative estimate of drug-likeness (QED) is 0.199. The maximum atomic E-state index is 12.3. The number of aromatic carboxylic acids is 1. The van der Waals surface area contributed by atoms with E-state index >= 15 is 0 Å². The molecule has 0 N–H and O–H groups in total. The molecule has 0 aromatic heterocycles. The fraction of sp³-hybridized carbons (Fsp3) is 0. The summed E-state index contributed by atoms with van der Waals surface area (Å²) >= 11 is 9.72. The first-order valence-corrected chi connectivity index (χ1v) is 10.2. The third-order valence-electron chi connectivity index (χ3n) is 4.33. The van der Waals surface area contributed by atoms with Gasteiger partial charge < -0.3 is 19.4 Å². The smallest absolute Gasteiger partial charge is 0.871 e. The number of halogens is 3. The molecule has 0 radical (unpaired) electrons. The van der Waals surface area contributed by atoms with E-state index in [1.807, 2.05) is 0 Å². The molecule has 4 rings (SSSR count). The first kappa shape index (κ1) is 26.1. The first-order valence-electron chi connectivity index (χ1n) is 7.85. The van der Waals surface area contributed by atoms with E-state index in [0.29, 0.717) is 26.5 Å². The zero-order valence-electron chi connectivity index (χ0n) is 15.7. The molecule has 30 heavy (non-hydrogen) atoms. The van der Waals surface area contributed by atoms with Crippen LogP contribution in [0.15, 0.2) is 65.1 Å². The Morgan fingerprint density at radius 3 is 2.27 bits per heavy atom. The molecule has 0 atom stereocenters. The van der Waals surface area contributed by atoms with Gasteiger partial charge in [-0.15, -0.1) is 0 Å². The third kappa shape index (κ3) is 4.49. The Labute approximate surface area is 240 Å². The van der Waals surface area contributed by atoms with Gasteiger partial charge in [0.2, 0.25) is 0 Å². The van der Waals surface area contributed by atoms with Crippen molar-refractivity contribution in [3.8, 4) is 28.2 Å². The molecule has 1 aliphatic heterocycles. The van der Waals surface area contributed by atoms with Crippen LogP contribution in [0.5, 0.6) is 5.75 Å². The van der Waals surface area contributed by atoms with Crippen LogP contribution >= 0.6 is 47.8 Å². The zero-order valence-corrected chi connectivity index (χ0v) is 24.5. The molecule has 0 saturated heterocycles. The molecule has 1 heterocycles. The predicted octanol–water partition coefficient (Wildman–Crippen LogP) is -1.70. The van der Waals surface area contributed by atoms with Gasteiger partial charge in [-0.05, 0) is 49.6 Å². The molecule has 0 amide bonds. The number of carbonyl (C=O) groups is 1. The number of carbonyl (C=O) groups excluding carboxylic acids is 1. The number of carboxylic acids is 1. The van der Waals surface area contributed by atoms with Crippen molar-refractivity contribution in [2.75, 3.05) is 0 Å². The fourth-order valence-electron chi connectivity index (χ4n) is 3.11. The predicted molar refractivity (Wildman–Crippen MR) is 111 cm³/mol. The van der Waals surface area contributed by atoms with Crippen LogP contribution in [0, 0.1) is 0 Å². The van der Waals surface area contributed by atoms with Gasteiger partial charge in [0, 0.05) is 32.6 Å². The van der Waals surface area contributed by atoms with Gasteiger partial charge in [0.05, 0.1) is 14.9 Å². The van der Waals surface area contributed by atoms with Gasteiger partial charge in [-0.2, -0.15) is 0 Å². The van der Waals surface area contributed by atoms with Crippen molar-refractivity contribution in [1.82, 2.24) is 0 Å². The molecule has 5 nitrogen and oxygen atoms in total. The van der Waals surface area contributed by atoms with Crippen molar-refractivity contribution >= 4 is 64.7 Å². The summed E-state index contributed by atoms with van der Waals surface area (Å²) in [5.74, 6) is -1.43. The molecule has 0 unspecified atom stereocenters. The second-order valence-corrected chi connectivity index (χ2v) is 8.47. The Bertz CT molecular complexity index is 1320. The minimum absolute atomic E-state index is 0. The van der Waals surface area contributed by atoms with Crippen LogP contribution in [0.1, 0.15) is 10.4 Å². The van der Waals surface area contributed by atoms with E-state index in [2.05, 4.69) is 47.8 Å². The second-order valence-electron chi connectivity index (χ2n) is 5.97. The summed E-state index contributed by atoms with van der Waals surface area (Å²) in [6, 6.07) is 10.8. The van der Waals surface area contributed by atoms with Crippen molar-refractivity contribution in [3.63, 3.8) is 0 Å². The molecule has 2 aliphatic rings. The largest absolute Gasteiger partial charge is 1.00 e. The molecule has 0 spiro atoms. The standard InChI is InChI=1S/C20H9Br3O5.2Na/c21-12-5-10-15(7-14(12)24)28-19-11(6-13(22)18(25)17(19)23)16(10)8-3-1-2-4-9(8)20(26)27;;/h1-7,25H,(H,26,27);;/q;2*+1/p-2. The average molecular weight is 613 g/mol. The Morgan fingerprint density at radius 1 is 0.933 bits per heavy atom. The molecular formula is C20H7Br3Na2O5. The van der Waals surface area contributed by atoms with Crippen LogP contribution in [0.2, 0.25) is 0 Å². The summed E-state index contributed by atoms with van der Waals surface area (Å²) in [6.45, 7) is 0. The number of hydrogen-bond acceptors (Lipinski definition) is 5. The number of benzene rings is 3. The molecule has 0 saturated carbocycles. The van der Waals surface area contributed by atoms with E-state index in [9.17, 15) is 19.8 Å². The fourth-order valence-corrected chi connectivity index (χ4v) is 4.65. The van der Waals surface area contributed by atoms with Crippen molar-refractivity contribution < 1.29 is 78.5 Å². The van der Waals surface area contributed by atoms with Gasteiger partial charge >= 0.3 is 59.1 Å². The molecule has 0 bridgehead atoms. The Kier molecular flexibility index (Phi) is 8.86. The van der Waals surface area contributed by atoms with Crippen molar-refractivity contribution in [2.45, 2.75) is 0 Å². The van der Waals surface area contributed by atoms with Crippen molar-refractivity contribution in [1.29, 1.82) is 0 Å². The van der Waals surface area contributed by atoms with Crippen LogP contribution in [-0.4, -0.2) is 5.97 Å². The van der Waals surface area contributed by atoms with Crippen LogP contribution in [-0.2, 0) is 0 Å². The summed E-state index contributed by atoms with van der Waals surface area (Å²) in [4.78, 5) is 23.8. The zero-order chi connectivity index (χ0) is 20.2. The van der Waals surface area contributed by atoms with Gasteiger partial charge in [-0.3, -0.25) is 4.79 Å². The van der Waals surface area contributed by atoms with Gasteiger partial charge in [-0.1, -0.05) is 45.9 Å². The maximum absolute atomic E-state index is 12.3. The van der Waals surface area contributed by atoms with Gasteiger partial charge in [-0.25, -0.2) is 0 Å². The molecule has 2 aromatic carbocycles. The summed E-state index contributed by atoms with van der Waals surface area (Å²) in [5, 5.41) is 24.6. The van der Waals surface area contributed by atoms with Gasteiger partial charge in [0.15, 0.2) is 5.43 Å². The normalized spacial score (nSPS) is 10.5. The van der Waals surface area contributed by atoms with Crippen LogP contribution in [0.3, 0.4) is 0 Å². The molecular weight excluding hydrogens is 606 g/mol. The second kappa shape index (κ2) is 10.2. The van der Waals surface area contributed by atoms with E-state index in [1.54, 1.807) is 30.3 Å². The number of rotatable bonds is 2. The van der Waals surface area contributed by atoms with E-state index in [1.165, 1.54) is 12.1 Å². The minimum atomic E-state index is -1.34. The number of hydrogen-bond donors (Lipinski definition) is 0. The SMILES string of the molecule is O=C([O-])c1ccccc1-c1c2cc(Br)c(=O)cc-2oc2c(Br)c([O-])c(Br)cc12.[Na+].[Na+]. The molecule has 140 valence electrons. The Hall–Kier alpha value is -0.160. The molecule has 10 heteroatoms. The maximum Gasteiger partial charge on any atom is 1.00 e. The van der Waals surface area contributed by atoms with E-state index in [0.717, 1.165) is 0 Å². The topological polar surface area (TPSA) is 93.4 Å².